The Labute approximate surface area is 75.0 Å². The average molecular weight is 182 g/mol. The molecule has 0 unspecified atom stereocenters. The zero-order valence-corrected chi connectivity index (χ0v) is 7.63. The highest BCUT2D eigenvalue weighted by atomic mass is 35.5. The SMILES string of the molecule is Cc1cc(Cl)c2cnn(C)c2n1. The summed E-state index contributed by atoms with van der Waals surface area (Å²) in [6, 6.07) is 1.84. The Hall–Kier alpha value is -1.09. The number of halogens is 1. The maximum Gasteiger partial charge on any atom is 0.159 e. The van der Waals surface area contributed by atoms with E-state index in [1.54, 1.807) is 10.9 Å². The first-order valence-electron chi connectivity index (χ1n) is 3.63. The van der Waals surface area contributed by atoms with Crippen LogP contribution in [0.3, 0.4) is 0 Å². The fourth-order valence-corrected chi connectivity index (χ4v) is 1.48. The number of aryl methyl sites for hydroxylation is 2. The zero-order chi connectivity index (χ0) is 8.72. The molecule has 0 fully saturated rings. The summed E-state index contributed by atoms with van der Waals surface area (Å²) in [5.41, 5.74) is 1.75. The Kier molecular flexibility index (Phi) is 1.54. The first kappa shape index (κ1) is 7.55. The standard InChI is InChI=1S/C8H8ClN3/c1-5-3-7(9)6-4-10-12(2)8(6)11-5/h3-4H,1-2H3. The number of pyridine rings is 1. The molecule has 4 heteroatoms. The van der Waals surface area contributed by atoms with Crippen LogP contribution >= 0.6 is 11.6 Å². The summed E-state index contributed by atoms with van der Waals surface area (Å²) >= 11 is 5.98. The van der Waals surface area contributed by atoms with Crippen molar-refractivity contribution < 1.29 is 0 Å². The van der Waals surface area contributed by atoms with Gasteiger partial charge in [-0.15, -0.1) is 0 Å². The van der Waals surface area contributed by atoms with Gasteiger partial charge in [-0.25, -0.2) is 4.98 Å². The predicted octanol–water partition coefficient (Wildman–Crippen LogP) is 1.93. The monoisotopic (exact) mass is 181 g/mol. The second kappa shape index (κ2) is 2.45. The number of aromatic nitrogens is 3. The molecule has 0 atom stereocenters. The van der Waals surface area contributed by atoms with Crippen molar-refractivity contribution in [2.24, 2.45) is 7.05 Å². The van der Waals surface area contributed by atoms with Gasteiger partial charge >= 0.3 is 0 Å². The highest BCUT2D eigenvalue weighted by Crippen LogP contribution is 2.21. The fourth-order valence-electron chi connectivity index (χ4n) is 1.19. The van der Waals surface area contributed by atoms with E-state index in [0.29, 0.717) is 5.02 Å². The smallest absolute Gasteiger partial charge is 0.159 e. The van der Waals surface area contributed by atoms with Gasteiger partial charge in [0.15, 0.2) is 5.65 Å². The minimum Gasteiger partial charge on any atom is -0.250 e. The molecule has 3 nitrogen and oxygen atoms in total. The fraction of sp³-hybridized carbons (Fsp3) is 0.250. The van der Waals surface area contributed by atoms with E-state index in [-0.39, 0.29) is 0 Å². The van der Waals surface area contributed by atoms with Gasteiger partial charge < -0.3 is 0 Å². The second-order valence-corrected chi connectivity index (χ2v) is 3.16. The summed E-state index contributed by atoms with van der Waals surface area (Å²) in [5.74, 6) is 0. The molecule has 0 bridgehead atoms. The van der Waals surface area contributed by atoms with Crippen LogP contribution in [0.2, 0.25) is 5.02 Å². The van der Waals surface area contributed by atoms with Crippen molar-refractivity contribution >= 4 is 22.6 Å². The van der Waals surface area contributed by atoms with Gasteiger partial charge in [-0.05, 0) is 13.0 Å². The average Bonchev–Trinajstić information content (AvgIpc) is 2.33. The molecular weight excluding hydrogens is 174 g/mol. The molecule has 0 saturated carbocycles. The van der Waals surface area contributed by atoms with E-state index in [0.717, 1.165) is 16.7 Å². The third-order valence-corrected chi connectivity index (χ3v) is 2.10. The lowest BCUT2D eigenvalue weighted by Gasteiger charge is -1.96. The van der Waals surface area contributed by atoms with Gasteiger partial charge in [0.05, 0.1) is 16.6 Å². The minimum atomic E-state index is 0.714. The number of fused-ring (bicyclic) bond motifs is 1. The van der Waals surface area contributed by atoms with Crippen molar-refractivity contribution in [3.63, 3.8) is 0 Å². The Morgan fingerprint density at radius 2 is 2.25 bits per heavy atom. The number of nitrogens with zero attached hydrogens (tertiary/aromatic N) is 3. The minimum absolute atomic E-state index is 0.714. The third kappa shape index (κ3) is 0.975. The van der Waals surface area contributed by atoms with Crippen LogP contribution in [0.5, 0.6) is 0 Å². The van der Waals surface area contributed by atoms with Crippen LogP contribution in [0, 0.1) is 6.92 Å². The summed E-state index contributed by atoms with van der Waals surface area (Å²) in [6.45, 7) is 1.92. The Bertz CT molecular complexity index is 433. The first-order chi connectivity index (χ1) is 5.68. The van der Waals surface area contributed by atoms with Crippen molar-refractivity contribution in [2.45, 2.75) is 6.92 Å². The highest BCUT2D eigenvalue weighted by molar-refractivity contribution is 6.35. The molecule has 0 amide bonds. The number of rotatable bonds is 0. The summed E-state index contributed by atoms with van der Waals surface area (Å²) < 4.78 is 1.72. The topological polar surface area (TPSA) is 30.7 Å². The highest BCUT2D eigenvalue weighted by Gasteiger charge is 2.05. The van der Waals surface area contributed by atoms with E-state index in [2.05, 4.69) is 10.1 Å². The third-order valence-electron chi connectivity index (χ3n) is 1.78. The molecular formula is C8H8ClN3. The van der Waals surface area contributed by atoms with Crippen LogP contribution in [-0.4, -0.2) is 14.8 Å². The molecule has 0 aliphatic carbocycles. The van der Waals surface area contributed by atoms with E-state index in [1.807, 2.05) is 20.0 Å². The van der Waals surface area contributed by atoms with E-state index >= 15 is 0 Å². The zero-order valence-electron chi connectivity index (χ0n) is 6.87. The van der Waals surface area contributed by atoms with Crippen LogP contribution in [0.4, 0.5) is 0 Å². The van der Waals surface area contributed by atoms with E-state index in [1.165, 1.54) is 0 Å². The van der Waals surface area contributed by atoms with Gasteiger partial charge in [0.2, 0.25) is 0 Å². The van der Waals surface area contributed by atoms with E-state index in [9.17, 15) is 0 Å². The molecule has 0 N–H and O–H groups in total. The lowest BCUT2D eigenvalue weighted by Crippen LogP contribution is -1.92. The van der Waals surface area contributed by atoms with Crippen molar-refractivity contribution in [3.05, 3.63) is 23.0 Å². The van der Waals surface area contributed by atoms with Gasteiger partial charge in [0, 0.05) is 12.7 Å². The normalized spacial score (nSPS) is 10.9. The molecule has 0 radical (unpaired) electrons. The van der Waals surface area contributed by atoms with Crippen molar-refractivity contribution in [3.8, 4) is 0 Å². The second-order valence-electron chi connectivity index (χ2n) is 2.75. The van der Waals surface area contributed by atoms with Crippen LogP contribution in [-0.2, 0) is 7.05 Å². The van der Waals surface area contributed by atoms with Crippen LogP contribution in [0.25, 0.3) is 11.0 Å². The molecule has 0 spiro atoms. The summed E-state index contributed by atoms with van der Waals surface area (Å²) in [5, 5.41) is 5.69. The molecule has 2 rings (SSSR count). The van der Waals surface area contributed by atoms with Gasteiger partial charge in [0.25, 0.3) is 0 Å². The molecule has 0 aliphatic heterocycles. The largest absolute Gasteiger partial charge is 0.250 e. The molecule has 2 aromatic heterocycles. The van der Waals surface area contributed by atoms with Gasteiger partial charge in [-0.3, -0.25) is 4.68 Å². The number of hydrogen-bond donors (Lipinski definition) is 0. The Balaban J connectivity index is 2.92. The lowest BCUT2D eigenvalue weighted by atomic mass is 10.3. The lowest BCUT2D eigenvalue weighted by molar-refractivity contribution is 0.785. The van der Waals surface area contributed by atoms with Crippen molar-refractivity contribution in [1.29, 1.82) is 0 Å². The molecule has 0 saturated heterocycles. The van der Waals surface area contributed by atoms with Gasteiger partial charge in [-0.1, -0.05) is 11.6 Å². The van der Waals surface area contributed by atoms with Gasteiger partial charge in [0.1, 0.15) is 0 Å². The maximum atomic E-state index is 5.98. The van der Waals surface area contributed by atoms with E-state index in [4.69, 9.17) is 11.6 Å². The molecule has 0 aromatic carbocycles. The Morgan fingerprint density at radius 1 is 1.50 bits per heavy atom. The van der Waals surface area contributed by atoms with Crippen LogP contribution in [0.1, 0.15) is 5.69 Å². The number of hydrogen-bond acceptors (Lipinski definition) is 2. The molecule has 0 aliphatic rings. The quantitative estimate of drug-likeness (QED) is 0.622. The van der Waals surface area contributed by atoms with Crippen LogP contribution < -0.4 is 0 Å². The molecule has 12 heavy (non-hydrogen) atoms. The van der Waals surface area contributed by atoms with Gasteiger partial charge in [-0.2, -0.15) is 5.10 Å². The molecule has 62 valence electrons. The predicted molar refractivity (Wildman–Crippen MR) is 48.3 cm³/mol. The summed E-state index contributed by atoms with van der Waals surface area (Å²) in [6.07, 6.45) is 1.73. The first-order valence-corrected chi connectivity index (χ1v) is 4.01. The summed E-state index contributed by atoms with van der Waals surface area (Å²) in [4.78, 5) is 4.31. The van der Waals surface area contributed by atoms with E-state index < -0.39 is 0 Å². The summed E-state index contributed by atoms with van der Waals surface area (Å²) in [7, 11) is 1.85. The molecule has 2 heterocycles. The maximum absolute atomic E-state index is 5.98. The van der Waals surface area contributed by atoms with Crippen molar-refractivity contribution in [2.75, 3.05) is 0 Å². The Morgan fingerprint density at radius 3 is 3.00 bits per heavy atom. The van der Waals surface area contributed by atoms with Crippen LogP contribution in [0.15, 0.2) is 12.3 Å². The van der Waals surface area contributed by atoms with Crippen molar-refractivity contribution in [1.82, 2.24) is 14.8 Å². The molecule has 2 aromatic rings.